The Kier molecular flexibility index (Phi) is 2.93. The summed E-state index contributed by atoms with van der Waals surface area (Å²) in [5.74, 6) is 0.291. The molecule has 0 aromatic rings. The Morgan fingerprint density at radius 1 is 1.36 bits per heavy atom. The second-order valence-electron chi connectivity index (χ2n) is 5.99. The van der Waals surface area contributed by atoms with Gasteiger partial charge in [-0.15, -0.1) is 0 Å². The maximum atomic E-state index is 11.9. The van der Waals surface area contributed by atoms with Gasteiger partial charge in [-0.25, -0.2) is 0 Å². The van der Waals surface area contributed by atoms with Crippen LogP contribution in [0.5, 0.6) is 0 Å². The topological polar surface area (TPSA) is 29.1 Å². The first-order valence-electron chi connectivity index (χ1n) is 5.57. The van der Waals surface area contributed by atoms with Crippen LogP contribution in [0.15, 0.2) is 0 Å². The lowest BCUT2D eigenvalue weighted by molar-refractivity contribution is -0.130. The Bertz CT molecular complexity index is 223. The number of carbonyl (C=O) groups excluding carboxylic acids is 1. The Hall–Kier alpha value is -0.530. The van der Waals surface area contributed by atoms with Crippen molar-refractivity contribution < 1.29 is 4.79 Å². The molecule has 2 heteroatoms. The number of nitrogens with one attached hydrogen (secondary N) is 1. The van der Waals surface area contributed by atoms with Gasteiger partial charge < -0.3 is 5.32 Å². The molecule has 1 atom stereocenters. The zero-order valence-electron chi connectivity index (χ0n) is 10.1. The molecule has 1 N–H and O–H groups in total. The van der Waals surface area contributed by atoms with Crippen molar-refractivity contribution in [3.05, 3.63) is 0 Å². The van der Waals surface area contributed by atoms with Crippen molar-refractivity contribution in [2.45, 2.75) is 59.4 Å². The first-order chi connectivity index (χ1) is 6.25. The Morgan fingerprint density at radius 3 is 2.14 bits per heavy atom. The minimum absolute atomic E-state index is 0.0597. The molecule has 1 aliphatic rings. The van der Waals surface area contributed by atoms with Crippen LogP contribution in [0.4, 0.5) is 0 Å². The van der Waals surface area contributed by atoms with Crippen LogP contribution in [0.2, 0.25) is 0 Å². The van der Waals surface area contributed by atoms with E-state index in [9.17, 15) is 4.79 Å². The lowest BCUT2D eigenvalue weighted by Crippen LogP contribution is -2.53. The highest BCUT2D eigenvalue weighted by Crippen LogP contribution is 2.33. The van der Waals surface area contributed by atoms with E-state index in [1.54, 1.807) is 0 Å². The average Bonchev–Trinajstić information content (AvgIpc) is 1.98. The minimum Gasteiger partial charge on any atom is -0.351 e. The maximum Gasteiger partial charge on any atom is 0.223 e. The zero-order valence-corrected chi connectivity index (χ0v) is 10.1. The molecule has 1 aliphatic carbocycles. The molecular weight excluding hydrogens is 174 g/mol. The van der Waals surface area contributed by atoms with Crippen LogP contribution in [-0.4, -0.2) is 11.4 Å². The van der Waals surface area contributed by atoms with E-state index in [0.717, 1.165) is 12.8 Å². The van der Waals surface area contributed by atoms with Crippen LogP contribution < -0.4 is 5.32 Å². The zero-order chi connectivity index (χ0) is 11.0. The fourth-order valence-electron chi connectivity index (χ4n) is 1.63. The summed E-state index contributed by atoms with van der Waals surface area (Å²) in [7, 11) is 0. The predicted octanol–water partition coefficient (Wildman–Crippen LogP) is 2.73. The molecule has 0 aromatic heterocycles. The Labute approximate surface area is 87.5 Å². The van der Waals surface area contributed by atoms with Crippen LogP contribution in [0.25, 0.3) is 0 Å². The molecule has 1 saturated carbocycles. The summed E-state index contributed by atoms with van der Waals surface area (Å²) in [6.45, 7) is 10.5. The van der Waals surface area contributed by atoms with Crippen molar-refractivity contribution in [1.29, 1.82) is 0 Å². The standard InChI is InChI=1S/C12H23NO/c1-9(11(2,3)4)10(14)13-12(5)7-6-8-12/h9H,6-8H2,1-5H3,(H,13,14). The molecule has 0 aliphatic heterocycles. The number of amides is 1. The second-order valence-corrected chi connectivity index (χ2v) is 5.99. The fraction of sp³-hybridized carbons (Fsp3) is 0.917. The van der Waals surface area contributed by atoms with E-state index < -0.39 is 0 Å². The number of rotatable bonds is 2. The number of hydrogen-bond donors (Lipinski definition) is 1. The normalized spacial score (nSPS) is 22.4. The van der Waals surface area contributed by atoms with E-state index in [1.165, 1.54) is 6.42 Å². The smallest absolute Gasteiger partial charge is 0.223 e. The van der Waals surface area contributed by atoms with Crippen molar-refractivity contribution in [2.24, 2.45) is 11.3 Å². The monoisotopic (exact) mass is 197 g/mol. The highest BCUT2D eigenvalue weighted by Gasteiger charge is 2.36. The van der Waals surface area contributed by atoms with E-state index in [1.807, 2.05) is 6.92 Å². The van der Waals surface area contributed by atoms with Gasteiger partial charge in [-0.3, -0.25) is 4.79 Å². The van der Waals surface area contributed by atoms with Gasteiger partial charge in [-0.1, -0.05) is 27.7 Å². The maximum absolute atomic E-state index is 11.9. The molecule has 1 amide bonds. The minimum atomic E-state index is 0.0597. The molecular formula is C12H23NO. The van der Waals surface area contributed by atoms with Gasteiger partial charge in [0.2, 0.25) is 5.91 Å². The summed E-state index contributed by atoms with van der Waals surface area (Å²) < 4.78 is 0. The first kappa shape index (κ1) is 11.5. The lowest BCUT2D eigenvalue weighted by Gasteiger charge is -2.41. The predicted molar refractivity (Wildman–Crippen MR) is 59.0 cm³/mol. The van der Waals surface area contributed by atoms with E-state index >= 15 is 0 Å². The van der Waals surface area contributed by atoms with Gasteiger partial charge >= 0.3 is 0 Å². The third-order valence-electron chi connectivity index (χ3n) is 3.57. The fourth-order valence-corrected chi connectivity index (χ4v) is 1.63. The van der Waals surface area contributed by atoms with E-state index in [0.29, 0.717) is 0 Å². The SMILES string of the molecule is CC(C(=O)NC1(C)CCC1)C(C)(C)C. The molecule has 1 fully saturated rings. The largest absolute Gasteiger partial charge is 0.351 e. The molecule has 0 heterocycles. The number of hydrogen-bond acceptors (Lipinski definition) is 1. The third kappa shape index (κ3) is 2.49. The summed E-state index contributed by atoms with van der Waals surface area (Å²) in [5.41, 5.74) is 0.154. The summed E-state index contributed by atoms with van der Waals surface area (Å²) in [6.07, 6.45) is 3.52. The molecule has 14 heavy (non-hydrogen) atoms. The summed E-state index contributed by atoms with van der Waals surface area (Å²) in [4.78, 5) is 11.9. The molecule has 1 rings (SSSR count). The van der Waals surface area contributed by atoms with Gasteiger partial charge in [0.1, 0.15) is 0 Å². The number of carbonyl (C=O) groups is 1. The molecule has 0 radical (unpaired) electrons. The van der Waals surface area contributed by atoms with Crippen molar-refractivity contribution in [2.75, 3.05) is 0 Å². The van der Waals surface area contributed by atoms with Crippen LogP contribution >= 0.6 is 0 Å². The van der Waals surface area contributed by atoms with Crippen molar-refractivity contribution in [3.63, 3.8) is 0 Å². The first-order valence-corrected chi connectivity index (χ1v) is 5.57. The highest BCUT2D eigenvalue weighted by atomic mass is 16.2. The van der Waals surface area contributed by atoms with Crippen molar-refractivity contribution in [3.8, 4) is 0 Å². The van der Waals surface area contributed by atoms with Gasteiger partial charge in [-0.05, 0) is 31.6 Å². The molecule has 0 aromatic carbocycles. The van der Waals surface area contributed by atoms with E-state index in [-0.39, 0.29) is 22.8 Å². The van der Waals surface area contributed by atoms with Gasteiger partial charge in [0.25, 0.3) is 0 Å². The molecule has 82 valence electrons. The quantitative estimate of drug-likeness (QED) is 0.724. The van der Waals surface area contributed by atoms with Crippen LogP contribution in [0.3, 0.4) is 0 Å². The second kappa shape index (κ2) is 3.56. The highest BCUT2D eigenvalue weighted by molar-refractivity contribution is 5.79. The Morgan fingerprint density at radius 2 is 1.86 bits per heavy atom. The van der Waals surface area contributed by atoms with E-state index in [4.69, 9.17) is 0 Å². The van der Waals surface area contributed by atoms with Crippen molar-refractivity contribution in [1.82, 2.24) is 5.32 Å². The third-order valence-corrected chi connectivity index (χ3v) is 3.57. The molecule has 1 unspecified atom stereocenters. The molecule has 0 bridgehead atoms. The van der Waals surface area contributed by atoms with Crippen molar-refractivity contribution >= 4 is 5.91 Å². The summed E-state index contributed by atoms with van der Waals surface area (Å²) in [5, 5.41) is 3.16. The van der Waals surface area contributed by atoms with Gasteiger partial charge in [0, 0.05) is 11.5 Å². The molecule has 0 spiro atoms. The van der Waals surface area contributed by atoms with Crippen LogP contribution in [0.1, 0.15) is 53.9 Å². The van der Waals surface area contributed by atoms with Gasteiger partial charge in [0.05, 0.1) is 0 Å². The lowest BCUT2D eigenvalue weighted by atomic mass is 9.76. The van der Waals surface area contributed by atoms with Crippen LogP contribution in [-0.2, 0) is 4.79 Å². The molecule has 2 nitrogen and oxygen atoms in total. The van der Waals surface area contributed by atoms with E-state index in [2.05, 4.69) is 33.0 Å². The average molecular weight is 197 g/mol. The van der Waals surface area contributed by atoms with Gasteiger partial charge in [0.15, 0.2) is 0 Å². The summed E-state index contributed by atoms with van der Waals surface area (Å²) in [6, 6.07) is 0. The Balaban J connectivity index is 2.50. The molecule has 0 saturated heterocycles. The summed E-state index contributed by atoms with van der Waals surface area (Å²) >= 11 is 0. The van der Waals surface area contributed by atoms with Gasteiger partial charge in [-0.2, -0.15) is 0 Å². The van der Waals surface area contributed by atoms with Crippen LogP contribution in [0, 0.1) is 11.3 Å².